The molecule has 0 spiro atoms. The average Bonchev–Trinajstić information content (AvgIpc) is 3.17. The fourth-order valence-electron chi connectivity index (χ4n) is 3.95. The van der Waals surface area contributed by atoms with Gasteiger partial charge in [-0.05, 0) is 30.3 Å². The summed E-state index contributed by atoms with van der Waals surface area (Å²) < 4.78 is 17.9. The van der Waals surface area contributed by atoms with Crippen molar-refractivity contribution < 1.29 is 28.9 Å². The molecule has 1 aromatic heterocycles. The molecule has 0 fully saturated rings. The number of carboxylic acid groups (broad SMARTS) is 1. The highest BCUT2D eigenvalue weighted by atomic mass is 16.5. The van der Waals surface area contributed by atoms with Crippen molar-refractivity contribution in [2.45, 2.75) is 12.3 Å². The Hall–Kier alpha value is -3.94. The summed E-state index contributed by atoms with van der Waals surface area (Å²) in [5.74, 6) is 0.0726. The van der Waals surface area contributed by atoms with E-state index in [9.17, 15) is 14.7 Å². The molecule has 8 heteroatoms. The highest BCUT2D eigenvalue weighted by Crippen LogP contribution is 2.45. The van der Waals surface area contributed by atoms with E-state index in [2.05, 4.69) is 5.32 Å². The number of benzene rings is 2. The molecule has 2 heterocycles. The first kappa shape index (κ1) is 20.3. The molecule has 0 saturated heterocycles. The van der Waals surface area contributed by atoms with Crippen molar-refractivity contribution >= 4 is 17.6 Å². The molecule has 1 aliphatic rings. The van der Waals surface area contributed by atoms with Crippen LogP contribution in [0.4, 0.5) is 5.69 Å². The Bertz CT molecular complexity index is 1150. The number of hydrogen-bond donors (Lipinski definition) is 2. The van der Waals surface area contributed by atoms with Crippen molar-refractivity contribution in [3.05, 3.63) is 65.5 Å². The zero-order valence-electron chi connectivity index (χ0n) is 17.3. The van der Waals surface area contributed by atoms with Crippen LogP contribution in [0.3, 0.4) is 0 Å². The lowest BCUT2D eigenvalue weighted by Gasteiger charge is -2.27. The van der Waals surface area contributed by atoms with Gasteiger partial charge in [0.2, 0.25) is 5.91 Å². The number of fused-ring (bicyclic) bond motifs is 1. The summed E-state index contributed by atoms with van der Waals surface area (Å²) in [5.41, 5.74) is 2.51. The van der Waals surface area contributed by atoms with Crippen LogP contribution in [-0.4, -0.2) is 42.9 Å². The van der Waals surface area contributed by atoms with Crippen molar-refractivity contribution in [2.24, 2.45) is 0 Å². The molecule has 0 saturated carbocycles. The predicted molar refractivity (Wildman–Crippen MR) is 114 cm³/mol. The maximum atomic E-state index is 12.5. The molecule has 1 aliphatic heterocycles. The first-order valence-electron chi connectivity index (χ1n) is 9.61. The monoisotopic (exact) mass is 422 g/mol. The first-order valence-corrected chi connectivity index (χ1v) is 9.61. The third-order valence-corrected chi connectivity index (χ3v) is 5.42. The van der Waals surface area contributed by atoms with Crippen LogP contribution in [0.15, 0.2) is 48.7 Å². The number of anilines is 1. The summed E-state index contributed by atoms with van der Waals surface area (Å²) in [7, 11) is 4.69. The van der Waals surface area contributed by atoms with E-state index >= 15 is 0 Å². The summed E-state index contributed by atoms with van der Waals surface area (Å²) in [4.78, 5) is 24.5. The Morgan fingerprint density at radius 3 is 2.32 bits per heavy atom. The molecule has 2 N–H and O–H groups in total. The summed E-state index contributed by atoms with van der Waals surface area (Å²) in [6, 6.07) is 12.7. The second-order valence-electron chi connectivity index (χ2n) is 7.09. The minimum absolute atomic E-state index is 0.0244. The van der Waals surface area contributed by atoms with E-state index in [1.54, 1.807) is 50.2 Å². The number of amides is 1. The molecular formula is C23H22N2O6. The van der Waals surface area contributed by atoms with Gasteiger partial charge in [-0.25, -0.2) is 4.79 Å². The fraction of sp³-hybridized carbons (Fsp3) is 0.217. The Morgan fingerprint density at radius 1 is 1.03 bits per heavy atom. The smallest absolute Gasteiger partial charge is 0.339 e. The van der Waals surface area contributed by atoms with Crippen LogP contribution in [0, 0.1) is 0 Å². The van der Waals surface area contributed by atoms with Crippen LogP contribution in [0.2, 0.25) is 0 Å². The van der Waals surface area contributed by atoms with Gasteiger partial charge in [-0.15, -0.1) is 0 Å². The molecule has 3 aromatic rings. The number of aromatic nitrogens is 1. The number of carbonyl (C=O) groups is 2. The number of carboxylic acids is 1. The highest BCUT2D eigenvalue weighted by Gasteiger charge is 2.35. The van der Waals surface area contributed by atoms with Crippen LogP contribution >= 0.6 is 0 Å². The number of aromatic carboxylic acids is 1. The van der Waals surface area contributed by atoms with Crippen LogP contribution in [0.25, 0.3) is 5.69 Å². The highest BCUT2D eigenvalue weighted by molar-refractivity contribution is 6.04. The van der Waals surface area contributed by atoms with Crippen molar-refractivity contribution in [3.8, 4) is 22.9 Å². The van der Waals surface area contributed by atoms with Gasteiger partial charge >= 0.3 is 5.97 Å². The molecule has 2 aromatic carbocycles. The normalized spacial score (nSPS) is 15.1. The zero-order chi connectivity index (χ0) is 22.1. The van der Waals surface area contributed by atoms with Gasteiger partial charge < -0.3 is 29.2 Å². The Kier molecular flexibility index (Phi) is 5.29. The zero-order valence-corrected chi connectivity index (χ0v) is 17.3. The number of methoxy groups -OCH3 is 3. The summed E-state index contributed by atoms with van der Waals surface area (Å²) in [6.07, 6.45) is 1.68. The number of nitrogens with zero attached hydrogens (tertiary/aromatic N) is 1. The molecule has 8 nitrogen and oxygen atoms in total. The molecule has 0 unspecified atom stereocenters. The van der Waals surface area contributed by atoms with E-state index in [0.717, 1.165) is 11.3 Å². The number of ether oxygens (including phenoxy) is 3. The summed E-state index contributed by atoms with van der Waals surface area (Å²) in [5, 5.41) is 12.5. The lowest BCUT2D eigenvalue weighted by atomic mass is 9.87. The maximum Gasteiger partial charge on any atom is 0.339 e. The lowest BCUT2D eigenvalue weighted by molar-refractivity contribution is -0.116. The van der Waals surface area contributed by atoms with Gasteiger partial charge in [-0.3, -0.25) is 4.79 Å². The van der Waals surface area contributed by atoms with E-state index in [0.29, 0.717) is 28.6 Å². The van der Waals surface area contributed by atoms with Crippen LogP contribution in [0.5, 0.6) is 17.2 Å². The van der Waals surface area contributed by atoms with E-state index in [4.69, 9.17) is 14.2 Å². The largest absolute Gasteiger partial charge is 0.497 e. The minimum atomic E-state index is -1.12. The van der Waals surface area contributed by atoms with Crippen molar-refractivity contribution in [1.29, 1.82) is 0 Å². The molecule has 0 radical (unpaired) electrons. The van der Waals surface area contributed by atoms with Gasteiger partial charge in [-0.1, -0.05) is 6.07 Å². The Labute approximate surface area is 179 Å². The van der Waals surface area contributed by atoms with Gasteiger partial charge in [0, 0.05) is 35.9 Å². The Balaban J connectivity index is 1.94. The van der Waals surface area contributed by atoms with E-state index in [1.165, 1.54) is 6.20 Å². The molecule has 160 valence electrons. The SMILES string of the molecule is COc1ccc(-n2cc(C(=O)O)c3c2[C@@H](c2ccc(OC)cc2OC)CC(=O)N3)cc1. The Morgan fingerprint density at radius 2 is 1.71 bits per heavy atom. The van der Waals surface area contributed by atoms with Gasteiger partial charge in [-0.2, -0.15) is 0 Å². The molecule has 0 aliphatic carbocycles. The molecule has 0 bridgehead atoms. The lowest BCUT2D eigenvalue weighted by Crippen LogP contribution is -2.25. The van der Waals surface area contributed by atoms with Gasteiger partial charge in [0.15, 0.2) is 0 Å². The molecule has 4 rings (SSSR count). The summed E-state index contributed by atoms with van der Waals surface area (Å²) >= 11 is 0. The topological polar surface area (TPSA) is 99.0 Å². The standard InChI is InChI=1S/C23H22N2O6/c1-29-14-6-4-13(5-7-14)25-12-18(23(27)28)21-22(25)17(11-20(26)24-21)16-9-8-15(30-2)10-19(16)31-3/h4-10,12,17H,11H2,1-3H3,(H,24,26)(H,27,28)/t17-/m1/s1. The minimum Gasteiger partial charge on any atom is -0.497 e. The fourth-order valence-corrected chi connectivity index (χ4v) is 3.95. The number of nitrogens with one attached hydrogen (secondary N) is 1. The summed E-state index contributed by atoms with van der Waals surface area (Å²) in [6.45, 7) is 0. The maximum absolute atomic E-state index is 12.5. The van der Waals surface area contributed by atoms with Gasteiger partial charge in [0.05, 0.1) is 32.7 Å². The van der Waals surface area contributed by atoms with Crippen LogP contribution in [-0.2, 0) is 4.79 Å². The quantitative estimate of drug-likeness (QED) is 0.629. The van der Waals surface area contributed by atoms with Gasteiger partial charge in [0.1, 0.15) is 22.8 Å². The van der Waals surface area contributed by atoms with E-state index in [-0.39, 0.29) is 17.9 Å². The number of hydrogen-bond acceptors (Lipinski definition) is 5. The molecule has 1 amide bonds. The van der Waals surface area contributed by atoms with Crippen molar-refractivity contribution in [3.63, 3.8) is 0 Å². The second-order valence-corrected chi connectivity index (χ2v) is 7.09. The van der Waals surface area contributed by atoms with Crippen LogP contribution in [0.1, 0.15) is 34.0 Å². The average molecular weight is 422 g/mol. The third kappa shape index (κ3) is 3.56. The van der Waals surface area contributed by atoms with E-state index in [1.807, 2.05) is 18.2 Å². The number of carbonyl (C=O) groups excluding carboxylic acids is 1. The second kappa shape index (κ2) is 8.06. The number of rotatable bonds is 6. The predicted octanol–water partition coefficient (Wildman–Crippen LogP) is 3.68. The molecule has 1 atom stereocenters. The van der Waals surface area contributed by atoms with Crippen LogP contribution < -0.4 is 19.5 Å². The molecule has 31 heavy (non-hydrogen) atoms. The van der Waals surface area contributed by atoms with Crippen molar-refractivity contribution in [2.75, 3.05) is 26.6 Å². The van der Waals surface area contributed by atoms with Gasteiger partial charge in [0.25, 0.3) is 0 Å². The van der Waals surface area contributed by atoms with Crippen molar-refractivity contribution in [1.82, 2.24) is 4.57 Å². The molecular weight excluding hydrogens is 400 g/mol. The van der Waals surface area contributed by atoms with E-state index < -0.39 is 11.9 Å². The third-order valence-electron chi connectivity index (χ3n) is 5.42. The first-order chi connectivity index (χ1) is 15.0.